The third-order valence-corrected chi connectivity index (χ3v) is 6.79. The summed E-state index contributed by atoms with van der Waals surface area (Å²) in [6.45, 7) is 6.86. The zero-order valence-corrected chi connectivity index (χ0v) is 19.5. The van der Waals surface area contributed by atoms with Crippen molar-refractivity contribution in [3.8, 4) is 0 Å². The third-order valence-electron chi connectivity index (χ3n) is 6.56. The molecular weight excluding hydrogens is 444 g/mol. The van der Waals surface area contributed by atoms with Crippen molar-refractivity contribution in [3.63, 3.8) is 0 Å². The van der Waals surface area contributed by atoms with E-state index in [1.807, 2.05) is 6.07 Å². The van der Waals surface area contributed by atoms with E-state index in [1.54, 1.807) is 17.2 Å². The van der Waals surface area contributed by atoms with Gasteiger partial charge in [0.25, 0.3) is 0 Å². The smallest absolute Gasteiger partial charge is 0.344 e. The highest BCUT2D eigenvalue weighted by Gasteiger charge is 2.34. The highest BCUT2D eigenvalue weighted by atomic mass is 35.5. The van der Waals surface area contributed by atoms with Crippen LogP contribution >= 0.6 is 11.6 Å². The number of fused-ring (bicyclic) bond motifs is 2. The van der Waals surface area contributed by atoms with Gasteiger partial charge < -0.3 is 19.9 Å². The lowest BCUT2D eigenvalue weighted by molar-refractivity contribution is -0.114. The molecule has 0 saturated carbocycles. The van der Waals surface area contributed by atoms with E-state index in [2.05, 4.69) is 32.3 Å². The van der Waals surface area contributed by atoms with Crippen LogP contribution in [0.4, 0.5) is 16.3 Å². The van der Waals surface area contributed by atoms with Crippen LogP contribution in [-0.2, 0) is 16.1 Å². The van der Waals surface area contributed by atoms with Gasteiger partial charge in [0.1, 0.15) is 0 Å². The van der Waals surface area contributed by atoms with Crippen molar-refractivity contribution < 1.29 is 14.3 Å². The van der Waals surface area contributed by atoms with Crippen LogP contribution in [0.1, 0.15) is 25.3 Å². The fourth-order valence-corrected chi connectivity index (χ4v) is 5.10. The molecule has 1 aromatic heterocycles. The minimum atomic E-state index is -0.215. The molecule has 176 valence electrons. The van der Waals surface area contributed by atoms with Crippen LogP contribution in [0.3, 0.4) is 0 Å². The Labute approximate surface area is 198 Å². The van der Waals surface area contributed by atoms with Gasteiger partial charge in [-0.25, -0.2) is 4.79 Å². The molecule has 10 heteroatoms. The van der Waals surface area contributed by atoms with Crippen LogP contribution in [-0.4, -0.2) is 83.0 Å². The number of carbonyl (C=O) groups excluding carboxylic acids is 2. The fourth-order valence-electron chi connectivity index (χ4n) is 4.94. The number of ether oxygens (including phenoxy) is 1. The molecule has 3 saturated heterocycles. The molecule has 1 aromatic carbocycles. The van der Waals surface area contributed by atoms with E-state index in [0.29, 0.717) is 31.1 Å². The first-order valence-corrected chi connectivity index (χ1v) is 11.9. The quantitative estimate of drug-likeness (QED) is 0.736. The number of nitrogens with one attached hydrogen (secondary N) is 1. The zero-order valence-electron chi connectivity index (χ0n) is 18.7. The molecule has 3 fully saturated rings. The average molecular weight is 473 g/mol. The minimum Gasteiger partial charge on any atom is -0.371 e. The molecule has 2 bridgehead atoms. The van der Waals surface area contributed by atoms with Crippen LogP contribution in [0.15, 0.2) is 30.5 Å². The summed E-state index contributed by atoms with van der Waals surface area (Å²) in [4.78, 5) is 30.6. The standard InChI is InChI=1S/C23H29ClN6O3/c1-16(31)25-22-6-7-30(26-22)23(32)28-10-8-27(9-11-28)13-17-2-3-18(24)12-21(17)29-14-19-4-5-20(15-29)33-19/h2-3,6-7,12,19-20H,4-5,8-11,13-15H2,1H3,(H,25,26,31). The van der Waals surface area contributed by atoms with Gasteiger partial charge in [0.05, 0.1) is 12.2 Å². The molecule has 5 rings (SSSR count). The Hall–Kier alpha value is -2.62. The molecule has 3 aliphatic heterocycles. The van der Waals surface area contributed by atoms with Gasteiger partial charge in [0.2, 0.25) is 5.91 Å². The van der Waals surface area contributed by atoms with E-state index >= 15 is 0 Å². The van der Waals surface area contributed by atoms with Gasteiger partial charge >= 0.3 is 6.03 Å². The Balaban J connectivity index is 1.20. The highest BCUT2D eigenvalue weighted by Crippen LogP contribution is 2.33. The molecule has 2 atom stereocenters. The van der Waals surface area contributed by atoms with Crippen molar-refractivity contribution >= 4 is 35.0 Å². The van der Waals surface area contributed by atoms with Gasteiger partial charge in [-0.05, 0) is 30.5 Å². The van der Waals surface area contributed by atoms with Crippen LogP contribution in [0.25, 0.3) is 0 Å². The molecule has 2 unspecified atom stereocenters. The maximum absolute atomic E-state index is 12.8. The highest BCUT2D eigenvalue weighted by molar-refractivity contribution is 6.30. The first-order valence-electron chi connectivity index (χ1n) is 11.5. The fraction of sp³-hybridized carbons (Fsp3) is 0.522. The second-order valence-electron chi connectivity index (χ2n) is 9.01. The van der Waals surface area contributed by atoms with E-state index in [9.17, 15) is 9.59 Å². The lowest BCUT2D eigenvalue weighted by atomic mass is 10.1. The maximum Gasteiger partial charge on any atom is 0.344 e. The Morgan fingerprint density at radius 3 is 2.55 bits per heavy atom. The van der Waals surface area contributed by atoms with E-state index in [0.717, 1.165) is 50.6 Å². The van der Waals surface area contributed by atoms with Crippen molar-refractivity contribution in [1.29, 1.82) is 0 Å². The van der Waals surface area contributed by atoms with Gasteiger partial charge in [-0.15, -0.1) is 5.10 Å². The molecule has 0 aliphatic carbocycles. The molecule has 9 nitrogen and oxygen atoms in total. The van der Waals surface area contributed by atoms with Crippen LogP contribution in [0, 0.1) is 0 Å². The Bertz CT molecular complexity index is 1020. The number of benzene rings is 1. The second kappa shape index (κ2) is 9.32. The van der Waals surface area contributed by atoms with Crippen molar-refractivity contribution in [2.75, 3.05) is 49.5 Å². The Morgan fingerprint density at radius 2 is 1.85 bits per heavy atom. The second-order valence-corrected chi connectivity index (χ2v) is 9.44. The lowest BCUT2D eigenvalue weighted by Gasteiger charge is -2.37. The van der Waals surface area contributed by atoms with Crippen molar-refractivity contribution in [1.82, 2.24) is 19.6 Å². The average Bonchev–Trinajstić information content (AvgIpc) is 3.40. The zero-order chi connectivity index (χ0) is 22.9. The van der Waals surface area contributed by atoms with E-state index in [-0.39, 0.29) is 11.9 Å². The monoisotopic (exact) mass is 472 g/mol. The summed E-state index contributed by atoms with van der Waals surface area (Å²) in [6, 6.07) is 7.60. The summed E-state index contributed by atoms with van der Waals surface area (Å²) in [5, 5.41) is 7.50. The number of hydrogen-bond acceptors (Lipinski definition) is 6. The summed E-state index contributed by atoms with van der Waals surface area (Å²) < 4.78 is 7.29. The third kappa shape index (κ3) is 5.00. The number of anilines is 2. The van der Waals surface area contributed by atoms with Gasteiger partial charge in [-0.1, -0.05) is 17.7 Å². The number of hydrogen-bond donors (Lipinski definition) is 1. The first-order chi connectivity index (χ1) is 15.9. The largest absolute Gasteiger partial charge is 0.371 e. The summed E-state index contributed by atoms with van der Waals surface area (Å²) in [5.41, 5.74) is 2.45. The molecule has 2 amide bonds. The predicted octanol–water partition coefficient (Wildman–Crippen LogP) is 2.65. The van der Waals surface area contributed by atoms with Crippen molar-refractivity contribution in [3.05, 3.63) is 41.0 Å². The molecular formula is C23H29ClN6O3. The first kappa shape index (κ1) is 22.2. The van der Waals surface area contributed by atoms with Crippen molar-refractivity contribution in [2.24, 2.45) is 0 Å². The summed E-state index contributed by atoms with van der Waals surface area (Å²) in [6.07, 6.45) is 4.48. The van der Waals surface area contributed by atoms with Crippen molar-refractivity contribution in [2.45, 2.75) is 38.5 Å². The number of amides is 2. The number of carbonyl (C=O) groups is 2. The molecule has 1 N–H and O–H groups in total. The summed E-state index contributed by atoms with van der Waals surface area (Å²) >= 11 is 6.36. The van der Waals surface area contributed by atoms with Gasteiger partial charge in [0, 0.05) is 75.7 Å². The summed E-state index contributed by atoms with van der Waals surface area (Å²) in [7, 11) is 0. The van der Waals surface area contributed by atoms with Crippen LogP contribution in [0.5, 0.6) is 0 Å². The number of rotatable bonds is 4. The predicted molar refractivity (Wildman–Crippen MR) is 126 cm³/mol. The van der Waals surface area contributed by atoms with Gasteiger partial charge in [-0.2, -0.15) is 4.68 Å². The van der Waals surface area contributed by atoms with Crippen LogP contribution < -0.4 is 10.2 Å². The SMILES string of the molecule is CC(=O)Nc1ccn(C(=O)N2CCN(Cc3ccc(Cl)cc3N3CC4CCC(C3)O4)CC2)n1. The van der Waals surface area contributed by atoms with Crippen LogP contribution in [0.2, 0.25) is 5.02 Å². The molecule has 0 radical (unpaired) electrons. The molecule has 0 spiro atoms. The van der Waals surface area contributed by atoms with Gasteiger partial charge in [0.15, 0.2) is 5.82 Å². The maximum atomic E-state index is 12.8. The number of aromatic nitrogens is 2. The number of halogens is 1. The molecule has 4 heterocycles. The lowest BCUT2D eigenvalue weighted by Crippen LogP contribution is -2.49. The minimum absolute atomic E-state index is 0.178. The molecule has 2 aromatic rings. The van der Waals surface area contributed by atoms with E-state index < -0.39 is 0 Å². The summed E-state index contributed by atoms with van der Waals surface area (Å²) in [5.74, 6) is 0.161. The number of morpholine rings is 1. The number of nitrogens with zero attached hydrogens (tertiary/aromatic N) is 5. The molecule has 3 aliphatic rings. The Morgan fingerprint density at radius 1 is 1.12 bits per heavy atom. The topological polar surface area (TPSA) is 82.9 Å². The molecule has 33 heavy (non-hydrogen) atoms. The van der Waals surface area contributed by atoms with Gasteiger partial charge in [-0.3, -0.25) is 9.69 Å². The normalized spacial score (nSPS) is 23.1. The Kier molecular flexibility index (Phi) is 6.27. The van der Waals surface area contributed by atoms with E-state index in [4.69, 9.17) is 16.3 Å². The number of piperazine rings is 1. The van der Waals surface area contributed by atoms with E-state index in [1.165, 1.54) is 22.9 Å².